The summed E-state index contributed by atoms with van der Waals surface area (Å²) in [4.78, 5) is 40.5. The third-order valence-corrected chi connectivity index (χ3v) is 6.23. The van der Waals surface area contributed by atoms with Crippen LogP contribution < -0.4 is 11.2 Å². The molecule has 7 nitrogen and oxygen atoms in total. The number of nitrogens with zero attached hydrogens (tertiary/aromatic N) is 3. The fourth-order valence-corrected chi connectivity index (χ4v) is 4.46. The molecule has 1 aromatic carbocycles. The van der Waals surface area contributed by atoms with Gasteiger partial charge in [0.15, 0.2) is 5.69 Å². The molecule has 1 N–H and O–H groups in total. The Bertz CT molecular complexity index is 1080. The fraction of sp³-hybridized carbons (Fsp3) is 0.476. The van der Waals surface area contributed by atoms with Gasteiger partial charge in [0.2, 0.25) is 5.75 Å². The van der Waals surface area contributed by atoms with Gasteiger partial charge in [-0.1, -0.05) is 12.1 Å². The maximum Gasteiger partial charge on any atom is 0.332 e. The van der Waals surface area contributed by atoms with Crippen LogP contribution in [0.15, 0.2) is 33.9 Å². The van der Waals surface area contributed by atoms with E-state index in [-0.39, 0.29) is 37.2 Å². The quantitative estimate of drug-likeness (QED) is 0.832. The zero-order chi connectivity index (χ0) is 20.3. The van der Waals surface area contributed by atoms with Crippen LogP contribution in [0.3, 0.4) is 0 Å². The van der Waals surface area contributed by atoms with Gasteiger partial charge in [-0.3, -0.25) is 18.7 Å². The highest BCUT2D eigenvalue weighted by Crippen LogP contribution is 2.51. The molecule has 0 unspecified atom stereocenters. The van der Waals surface area contributed by atoms with E-state index in [1.54, 1.807) is 12.1 Å². The van der Waals surface area contributed by atoms with Crippen LogP contribution in [-0.2, 0) is 13.1 Å². The second-order valence-electron chi connectivity index (χ2n) is 8.33. The molecule has 0 bridgehead atoms. The Morgan fingerprint density at radius 2 is 1.62 bits per heavy atom. The number of benzene rings is 1. The largest absolute Gasteiger partial charge is 0.501 e. The maximum atomic E-state index is 13.1. The first-order valence-corrected chi connectivity index (χ1v) is 10.1. The van der Waals surface area contributed by atoms with Crippen molar-refractivity contribution >= 4 is 5.91 Å². The van der Waals surface area contributed by atoms with Crippen molar-refractivity contribution in [2.45, 2.75) is 44.8 Å². The minimum atomic E-state index is -0.762. The van der Waals surface area contributed by atoms with Crippen molar-refractivity contribution in [3.05, 3.63) is 62.2 Å². The van der Waals surface area contributed by atoms with E-state index in [1.165, 1.54) is 26.2 Å². The summed E-state index contributed by atoms with van der Waals surface area (Å²) >= 11 is 0. The normalized spacial score (nSPS) is 19.0. The van der Waals surface area contributed by atoms with Crippen LogP contribution in [-0.4, -0.2) is 31.6 Å². The summed E-state index contributed by atoms with van der Waals surface area (Å²) in [5.41, 5.74) is -0.774. The number of hydrogen-bond donors (Lipinski definition) is 1. The molecule has 3 aliphatic rings. The van der Waals surface area contributed by atoms with Crippen LogP contribution >= 0.6 is 0 Å². The lowest BCUT2D eigenvalue weighted by atomic mass is 10.1. The van der Waals surface area contributed by atoms with Gasteiger partial charge in [-0.25, -0.2) is 9.18 Å². The molecule has 2 fully saturated rings. The molecule has 0 atom stereocenters. The highest BCUT2D eigenvalue weighted by molar-refractivity contribution is 5.95. The van der Waals surface area contributed by atoms with Crippen molar-refractivity contribution in [3.63, 3.8) is 0 Å². The molecular weight excluding hydrogens is 377 g/mol. The molecule has 2 aromatic rings. The van der Waals surface area contributed by atoms with Crippen molar-refractivity contribution in [3.8, 4) is 5.75 Å². The van der Waals surface area contributed by atoms with Gasteiger partial charge in [0, 0.05) is 25.7 Å². The van der Waals surface area contributed by atoms with E-state index >= 15 is 0 Å². The average molecular weight is 399 g/mol. The average Bonchev–Trinajstić information content (AvgIpc) is 3.61. The maximum absolute atomic E-state index is 13.1. The van der Waals surface area contributed by atoms with E-state index in [9.17, 15) is 23.9 Å². The summed E-state index contributed by atoms with van der Waals surface area (Å²) in [5, 5.41) is 10.6. The van der Waals surface area contributed by atoms with E-state index in [2.05, 4.69) is 0 Å². The van der Waals surface area contributed by atoms with E-state index in [1.807, 2.05) is 0 Å². The second-order valence-corrected chi connectivity index (χ2v) is 8.33. The predicted molar refractivity (Wildman–Crippen MR) is 102 cm³/mol. The zero-order valence-electron chi connectivity index (χ0n) is 15.9. The Labute approximate surface area is 166 Å². The van der Waals surface area contributed by atoms with E-state index in [4.69, 9.17) is 0 Å². The van der Waals surface area contributed by atoms with Crippen LogP contribution in [0, 0.1) is 17.7 Å². The van der Waals surface area contributed by atoms with Gasteiger partial charge in [0.25, 0.3) is 11.5 Å². The summed E-state index contributed by atoms with van der Waals surface area (Å²) < 4.78 is 15.6. The third-order valence-electron chi connectivity index (χ3n) is 6.23. The van der Waals surface area contributed by atoms with Gasteiger partial charge < -0.3 is 10.0 Å². The SMILES string of the molecule is O=C1c2c(O)c(=O)n(C(C3CC3)C3CC3)c(=O)n2CCN1Cc1ccc(F)cc1. The van der Waals surface area contributed by atoms with Crippen LogP contribution in [0.25, 0.3) is 0 Å². The van der Waals surface area contributed by atoms with E-state index in [0.29, 0.717) is 11.8 Å². The minimum absolute atomic E-state index is 0.175. The predicted octanol–water partition coefficient (Wildman–Crippen LogP) is 1.87. The molecule has 0 saturated heterocycles. The second kappa shape index (κ2) is 6.57. The molecular formula is C21H22FN3O4. The number of aromatic nitrogens is 2. The Hall–Kier alpha value is -2.90. The van der Waals surface area contributed by atoms with Gasteiger partial charge >= 0.3 is 5.69 Å². The lowest BCUT2D eigenvalue weighted by Gasteiger charge is -2.31. The summed E-state index contributed by atoms with van der Waals surface area (Å²) in [5.74, 6) is -0.964. The van der Waals surface area contributed by atoms with E-state index < -0.39 is 22.9 Å². The summed E-state index contributed by atoms with van der Waals surface area (Å²) in [7, 11) is 0. The van der Waals surface area contributed by atoms with Crippen molar-refractivity contribution < 1.29 is 14.3 Å². The summed E-state index contributed by atoms with van der Waals surface area (Å²) in [6.07, 6.45) is 3.94. The molecule has 8 heteroatoms. The molecule has 5 rings (SSSR count). The third kappa shape index (κ3) is 3.07. The Balaban J connectivity index is 1.52. The summed E-state index contributed by atoms with van der Waals surface area (Å²) in [6, 6.07) is 5.62. The number of carbonyl (C=O) groups excluding carboxylic acids is 1. The topological polar surface area (TPSA) is 84.5 Å². The molecule has 2 aliphatic carbocycles. The van der Waals surface area contributed by atoms with E-state index in [0.717, 1.165) is 31.2 Å². The molecule has 0 spiro atoms. The van der Waals surface area contributed by atoms with Crippen molar-refractivity contribution in [1.82, 2.24) is 14.0 Å². The van der Waals surface area contributed by atoms with Crippen LogP contribution in [0.1, 0.15) is 47.8 Å². The minimum Gasteiger partial charge on any atom is -0.501 e. The van der Waals surface area contributed by atoms with Crippen molar-refractivity contribution in [2.75, 3.05) is 6.54 Å². The molecule has 1 aliphatic heterocycles. The number of fused-ring (bicyclic) bond motifs is 1. The number of rotatable bonds is 5. The van der Waals surface area contributed by atoms with Gasteiger partial charge in [0.1, 0.15) is 5.82 Å². The number of aromatic hydroxyl groups is 1. The monoisotopic (exact) mass is 399 g/mol. The first-order valence-electron chi connectivity index (χ1n) is 10.1. The highest BCUT2D eigenvalue weighted by atomic mass is 19.1. The molecule has 29 heavy (non-hydrogen) atoms. The molecule has 2 saturated carbocycles. The number of halogens is 1. The van der Waals surface area contributed by atoms with Crippen molar-refractivity contribution in [1.29, 1.82) is 0 Å². The van der Waals surface area contributed by atoms with Gasteiger partial charge in [-0.2, -0.15) is 0 Å². The van der Waals surface area contributed by atoms with Crippen molar-refractivity contribution in [2.24, 2.45) is 11.8 Å². The number of hydrogen-bond acceptors (Lipinski definition) is 4. The van der Waals surface area contributed by atoms with Gasteiger partial charge in [-0.05, 0) is 55.2 Å². The van der Waals surface area contributed by atoms with Gasteiger partial charge in [-0.15, -0.1) is 0 Å². The van der Waals surface area contributed by atoms with Crippen LogP contribution in [0.4, 0.5) is 4.39 Å². The molecule has 1 aromatic heterocycles. The molecule has 152 valence electrons. The Kier molecular flexibility index (Phi) is 4.11. The smallest absolute Gasteiger partial charge is 0.332 e. The highest BCUT2D eigenvalue weighted by Gasteiger charge is 2.45. The lowest BCUT2D eigenvalue weighted by molar-refractivity contribution is 0.0676. The van der Waals surface area contributed by atoms with Crippen LogP contribution in [0.5, 0.6) is 5.75 Å². The van der Waals surface area contributed by atoms with Crippen LogP contribution in [0.2, 0.25) is 0 Å². The molecule has 1 amide bonds. The first kappa shape index (κ1) is 18.1. The standard InChI is InChI=1S/C21H22FN3O4/c22-15-7-1-12(2-8-15)11-23-9-10-24-17(19(23)27)18(26)20(28)25(21(24)29)16(13-3-4-13)14-5-6-14/h1-2,7-8,13-14,16,26H,3-6,9-11H2. The molecule has 2 heterocycles. The fourth-order valence-electron chi connectivity index (χ4n) is 4.46. The first-order chi connectivity index (χ1) is 14.0. The Morgan fingerprint density at radius 1 is 1.00 bits per heavy atom. The number of carbonyl (C=O) groups is 1. The lowest BCUT2D eigenvalue weighted by Crippen LogP contribution is -2.51. The zero-order valence-corrected chi connectivity index (χ0v) is 15.9. The summed E-state index contributed by atoms with van der Waals surface area (Å²) in [6.45, 7) is 0.692. The Morgan fingerprint density at radius 3 is 2.21 bits per heavy atom. The molecule has 0 radical (unpaired) electrons. The number of amides is 1. The van der Waals surface area contributed by atoms with Gasteiger partial charge in [0.05, 0.1) is 0 Å².